The second kappa shape index (κ2) is 9.66. The van der Waals surface area contributed by atoms with Crippen molar-refractivity contribution < 1.29 is 13.6 Å². The van der Waals surface area contributed by atoms with Crippen molar-refractivity contribution in [1.29, 1.82) is 0 Å². The lowest BCUT2D eigenvalue weighted by Crippen LogP contribution is -2.56. The molecule has 35 heavy (non-hydrogen) atoms. The molecule has 0 spiro atoms. The zero-order valence-electron chi connectivity index (χ0n) is 19.3. The van der Waals surface area contributed by atoms with Crippen LogP contribution in [0.25, 0.3) is 22.0 Å². The monoisotopic (exact) mass is 473 g/mol. The maximum atomic E-state index is 13.4. The first-order valence-electron chi connectivity index (χ1n) is 11.6. The van der Waals surface area contributed by atoms with Crippen LogP contribution in [-0.4, -0.2) is 46.8 Å². The number of urea groups is 1. The van der Waals surface area contributed by atoms with Crippen LogP contribution >= 0.6 is 0 Å². The molecule has 0 aliphatic carbocycles. The van der Waals surface area contributed by atoms with E-state index < -0.39 is 0 Å². The van der Waals surface area contributed by atoms with E-state index in [9.17, 15) is 13.6 Å². The van der Waals surface area contributed by atoms with E-state index in [2.05, 4.69) is 20.4 Å². The molecular weight excluding hydrogens is 448 g/mol. The predicted octanol–water partition coefficient (Wildman–Crippen LogP) is 5.71. The Morgan fingerprint density at radius 1 is 0.914 bits per heavy atom. The molecule has 1 saturated heterocycles. The summed E-state index contributed by atoms with van der Waals surface area (Å²) in [6, 6.07) is 19.7. The van der Waals surface area contributed by atoms with Crippen LogP contribution in [0.15, 0.2) is 72.8 Å². The van der Waals surface area contributed by atoms with Gasteiger partial charge in [-0.3, -0.25) is 0 Å². The summed E-state index contributed by atoms with van der Waals surface area (Å²) >= 11 is 0. The van der Waals surface area contributed by atoms with Gasteiger partial charge >= 0.3 is 6.03 Å². The van der Waals surface area contributed by atoms with Crippen molar-refractivity contribution >= 4 is 28.3 Å². The Hall–Kier alpha value is -4.07. The van der Waals surface area contributed by atoms with E-state index in [0.29, 0.717) is 31.0 Å². The minimum atomic E-state index is -0.346. The molecular formula is C27H25F2N5O. The molecule has 1 aromatic heterocycles. The third kappa shape index (κ3) is 4.64. The Morgan fingerprint density at radius 2 is 1.57 bits per heavy atom. The first-order valence-corrected chi connectivity index (χ1v) is 11.6. The fourth-order valence-electron chi connectivity index (χ4n) is 4.54. The van der Waals surface area contributed by atoms with Gasteiger partial charge in [0.25, 0.3) is 0 Å². The lowest BCUT2D eigenvalue weighted by atomic mass is 10.0. The van der Waals surface area contributed by atoms with Crippen LogP contribution in [0, 0.1) is 11.6 Å². The highest BCUT2D eigenvalue weighted by molar-refractivity contribution is 6.00. The summed E-state index contributed by atoms with van der Waals surface area (Å²) in [5.74, 6) is 0.125. The van der Waals surface area contributed by atoms with Crippen LogP contribution in [0.5, 0.6) is 0 Å². The number of anilines is 2. The molecule has 1 aliphatic rings. The molecule has 1 aliphatic heterocycles. The molecule has 2 amide bonds. The third-order valence-corrected chi connectivity index (χ3v) is 6.40. The minimum Gasteiger partial charge on any atom is -0.351 e. The number of rotatable bonds is 4. The van der Waals surface area contributed by atoms with Gasteiger partial charge in [0.1, 0.15) is 17.3 Å². The number of carbonyl (C=O) groups excluding carboxylic acids is 1. The summed E-state index contributed by atoms with van der Waals surface area (Å²) in [5, 5.41) is 13.8. The average Bonchev–Trinajstić information content (AvgIpc) is 2.89. The molecule has 8 heteroatoms. The number of amides is 2. The standard InChI is InChI=1S/C27H25F2N5O/c1-2-22-17-33(15-16-34(22)27(35)30-21-13-11-20(29)12-14-21)26-24-6-4-3-5-23(24)25(31-32-26)18-7-9-19(28)10-8-18/h3-14,22H,2,15-17H2,1H3,(H,30,35)/t22-/m0/s1. The Morgan fingerprint density at radius 3 is 2.26 bits per heavy atom. The van der Waals surface area contributed by atoms with Crippen molar-refractivity contribution in [2.24, 2.45) is 0 Å². The summed E-state index contributed by atoms with van der Waals surface area (Å²) in [6.07, 6.45) is 0.770. The Labute approximate surface area is 202 Å². The van der Waals surface area contributed by atoms with Crippen molar-refractivity contribution in [3.8, 4) is 11.3 Å². The van der Waals surface area contributed by atoms with Crippen molar-refractivity contribution in [3.63, 3.8) is 0 Å². The smallest absolute Gasteiger partial charge is 0.322 e. The molecule has 6 nitrogen and oxygen atoms in total. The zero-order chi connectivity index (χ0) is 24.4. The number of carbonyl (C=O) groups is 1. The van der Waals surface area contributed by atoms with Crippen LogP contribution in [0.3, 0.4) is 0 Å². The van der Waals surface area contributed by atoms with Gasteiger partial charge in [-0.1, -0.05) is 31.2 Å². The van der Waals surface area contributed by atoms with Crippen molar-refractivity contribution in [2.45, 2.75) is 19.4 Å². The highest BCUT2D eigenvalue weighted by Crippen LogP contribution is 2.32. The van der Waals surface area contributed by atoms with Gasteiger partial charge in [0, 0.05) is 41.7 Å². The fraction of sp³-hybridized carbons (Fsp3) is 0.222. The summed E-state index contributed by atoms with van der Waals surface area (Å²) in [6.45, 7) is 3.78. The molecule has 5 rings (SSSR count). The number of nitrogens with one attached hydrogen (secondary N) is 1. The molecule has 2 heterocycles. The second-order valence-electron chi connectivity index (χ2n) is 8.56. The number of aromatic nitrogens is 2. The first-order chi connectivity index (χ1) is 17.0. The number of hydrogen-bond donors (Lipinski definition) is 1. The molecule has 178 valence electrons. The Balaban J connectivity index is 1.39. The van der Waals surface area contributed by atoms with E-state index >= 15 is 0 Å². The summed E-state index contributed by atoms with van der Waals surface area (Å²) in [7, 11) is 0. The van der Waals surface area contributed by atoms with Gasteiger partial charge in [-0.15, -0.1) is 10.2 Å². The maximum Gasteiger partial charge on any atom is 0.322 e. The Kier molecular flexibility index (Phi) is 6.27. The molecule has 0 radical (unpaired) electrons. The van der Waals surface area contributed by atoms with E-state index in [0.717, 1.165) is 28.6 Å². The van der Waals surface area contributed by atoms with E-state index in [1.54, 1.807) is 24.3 Å². The van der Waals surface area contributed by atoms with E-state index in [4.69, 9.17) is 0 Å². The van der Waals surface area contributed by atoms with Gasteiger partial charge < -0.3 is 15.1 Å². The van der Waals surface area contributed by atoms with Crippen LogP contribution in [0.1, 0.15) is 13.3 Å². The van der Waals surface area contributed by atoms with Gasteiger partial charge in [0.15, 0.2) is 5.82 Å². The predicted molar refractivity (Wildman–Crippen MR) is 133 cm³/mol. The Bertz CT molecular complexity index is 1340. The zero-order valence-corrected chi connectivity index (χ0v) is 19.3. The van der Waals surface area contributed by atoms with Crippen LogP contribution in [0.2, 0.25) is 0 Å². The van der Waals surface area contributed by atoms with Crippen molar-refractivity contribution in [2.75, 3.05) is 29.9 Å². The van der Waals surface area contributed by atoms with Crippen molar-refractivity contribution in [1.82, 2.24) is 15.1 Å². The number of fused-ring (bicyclic) bond motifs is 1. The average molecular weight is 474 g/mol. The van der Waals surface area contributed by atoms with Crippen LogP contribution < -0.4 is 10.2 Å². The summed E-state index contributed by atoms with van der Waals surface area (Å²) < 4.78 is 26.6. The van der Waals surface area contributed by atoms with Gasteiger partial charge in [-0.2, -0.15) is 0 Å². The largest absolute Gasteiger partial charge is 0.351 e. The molecule has 1 N–H and O–H groups in total. The minimum absolute atomic E-state index is 0.0264. The SMILES string of the molecule is CC[C@H]1CN(c2nnc(-c3ccc(F)cc3)c3ccccc23)CCN1C(=O)Nc1ccc(F)cc1. The lowest BCUT2D eigenvalue weighted by Gasteiger charge is -2.41. The number of halogens is 2. The van der Waals surface area contributed by atoms with Gasteiger partial charge in [0.2, 0.25) is 0 Å². The molecule has 0 saturated carbocycles. The first kappa shape index (κ1) is 22.7. The highest BCUT2D eigenvalue weighted by Gasteiger charge is 2.31. The number of hydrogen-bond acceptors (Lipinski definition) is 4. The van der Waals surface area contributed by atoms with Gasteiger partial charge in [0.05, 0.1) is 6.04 Å². The summed E-state index contributed by atoms with van der Waals surface area (Å²) in [4.78, 5) is 16.9. The van der Waals surface area contributed by atoms with E-state index in [1.807, 2.05) is 36.1 Å². The maximum absolute atomic E-state index is 13.4. The molecule has 4 aromatic rings. The molecule has 0 bridgehead atoms. The molecule has 1 atom stereocenters. The lowest BCUT2D eigenvalue weighted by molar-refractivity contribution is 0.176. The number of benzene rings is 3. The fourth-order valence-corrected chi connectivity index (χ4v) is 4.54. The highest BCUT2D eigenvalue weighted by atomic mass is 19.1. The number of nitrogens with zero attached hydrogens (tertiary/aromatic N) is 4. The van der Waals surface area contributed by atoms with Gasteiger partial charge in [-0.05, 0) is 55.0 Å². The van der Waals surface area contributed by atoms with Gasteiger partial charge in [-0.25, -0.2) is 13.6 Å². The van der Waals surface area contributed by atoms with E-state index in [1.165, 1.54) is 24.3 Å². The van der Waals surface area contributed by atoms with Crippen LogP contribution in [0.4, 0.5) is 25.1 Å². The topological polar surface area (TPSA) is 61.4 Å². The van der Waals surface area contributed by atoms with Crippen LogP contribution in [-0.2, 0) is 0 Å². The normalized spacial score (nSPS) is 15.9. The molecule has 1 fully saturated rings. The quantitative estimate of drug-likeness (QED) is 0.413. The molecule has 0 unspecified atom stereocenters. The molecule has 3 aromatic carbocycles. The van der Waals surface area contributed by atoms with E-state index in [-0.39, 0.29) is 23.7 Å². The third-order valence-electron chi connectivity index (χ3n) is 6.40. The van der Waals surface area contributed by atoms with Crippen molar-refractivity contribution in [3.05, 3.63) is 84.4 Å². The second-order valence-corrected chi connectivity index (χ2v) is 8.56. The summed E-state index contributed by atoms with van der Waals surface area (Å²) in [5.41, 5.74) is 2.06. The number of piperazine rings is 1.